The summed E-state index contributed by atoms with van der Waals surface area (Å²) < 4.78 is 70.1. The van der Waals surface area contributed by atoms with Crippen LogP contribution in [0, 0.1) is 19.7 Å². The molecule has 0 aliphatic carbocycles. The average molecular weight is 1120 g/mol. The van der Waals surface area contributed by atoms with Gasteiger partial charge in [-0.2, -0.15) is 0 Å². The molecule has 1 N–H and O–H groups in total. The molecule has 6 atom stereocenters. The van der Waals surface area contributed by atoms with Crippen molar-refractivity contribution in [2.75, 3.05) is 79.9 Å². The van der Waals surface area contributed by atoms with Crippen molar-refractivity contribution in [3.63, 3.8) is 0 Å². The number of aliphatic carboxylic acids is 1. The Kier molecular flexibility index (Phi) is 16.3. The molecule has 21 heteroatoms. The van der Waals surface area contributed by atoms with E-state index in [1.807, 2.05) is 38.1 Å². The number of piperazine rings is 1. The van der Waals surface area contributed by atoms with Crippen LogP contribution in [0.4, 0.5) is 4.39 Å². The van der Waals surface area contributed by atoms with E-state index in [1.165, 1.54) is 29.8 Å². The first-order valence-corrected chi connectivity index (χ1v) is 27.3. The highest BCUT2D eigenvalue weighted by molar-refractivity contribution is 7.22. The molecule has 5 aliphatic heterocycles. The lowest BCUT2D eigenvalue weighted by Crippen LogP contribution is -2.49. The topological polar surface area (TPSA) is 178 Å². The molecule has 3 fully saturated rings. The fourth-order valence-corrected chi connectivity index (χ4v) is 12.0. The largest absolute Gasteiger partial charge is 0.491 e. The molecule has 4 aromatic carbocycles. The van der Waals surface area contributed by atoms with Gasteiger partial charge in [-0.1, -0.05) is 35.3 Å². The number of carboxylic acid groups (broad SMARTS) is 1. The van der Waals surface area contributed by atoms with E-state index in [1.54, 1.807) is 49.7 Å². The molecule has 0 amide bonds. The molecule has 0 saturated carbocycles. The van der Waals surface area contributed by atoms with Crippen LogP contribution < -0.4 is 23.7 Å². The first-order chi connectivity index (χ1) is 37.9. The van der Waals surface area contributed by atoms with Crippen LogP contribution in [0.1, 0.15) is 22.4 Å². The highest BCUT2D eigenvalue weighted by Gasteiger charge is 2.48. The van der Waals surface area contributed by atoms with Crippen molar-refractivity contribution >= 4 is 50.7 Å². The maximum absolute atomic E-state index is 14.4. The average Bonchev–Trinajstić information content (AvgIpc) is 4.24. The summed E-state index contributed by atoms with van der Waals surface area (Å²) in [7, 11) is 3.76. The molecule has 4 bridgehead atoms. The van der Waals surface area contributed by atoms with Gasteiger partial charge in [0.25, 0.3) is 0 Å². The van der Waals surface area contributed by atoms with Crippen LogP contribution in [-0.4, -0.2) is 157 Å². The van der Waals surface area contributed by atoms with Gasteiger partial charge in [-0.3, -0.25) is 4.90 Å². The third-order valence-electron chi connectivity index (χ3n) is 14.5. The van der Waals surface area contributed by atoms with Crippen molar-refractivity contribution < 1.29 is 56.9 Å². The molecule has 0 radical (unpaired) electrons. The molecule has 3 saturated heterocycles. The van der Waals surface area contributed by atoms with Crippen molar-refractivity contribution in [2.45, 2.75) is 63.5 Å². The van der Waals surface area contributed by atoms with Crippen LogP contribution in [0.3, 0.4) is 0 Å². The lowest BCUT2D eigenvalue weighted by molar-refractivity contribution is -0.145. The quantitative estimate of drug-likeness (QED) is 0.102. The van der Waals surface area contributed by atoms with Gasteiger partial charge < -0.3 is 52.6 Å². The third-order valence-corrected chi connectivity index (χ3v) is 16.6. The molecular formula is C57H57Cl2FN6O11S. The van der Waals surface area contributed by atoms with Gasteiger partial charge in [0.05, 0.1) is 40.9 Å². The van der Waals surface area contributed by atoms with Crippen LogP contribution in [-0.2, 0) is 36.8 Å². The van der Waals surface area contributed by atoms with Crippen LogP contribution >= 0.6 is 34.5 Å². The summed E-state index contributed by atoms with van der Waals surface area (Å²) in [6.45, 7) is 9.41. The maximum Gasteiger partial charge on any atom is 0.345 e. The maximum atomic E-state index is 14.4. The van der Waals surface area contributed by atoms with Crippen molar-refractivity contribution in [3.05, 3.63) is 124 Å². The lowest BCUT2D eigenvalue weighted by atomic mass is 9.92. The number of halogens is 3. The molecule has 8 heterocycles. The van der Waals surface area contributed by atoms with E-state index in [0.717, 1.165) is 31.7 Å². The Labute approximate surface area is 464 Å². The number of likely N-dealkylation sites (N-methyl/N-ethyl adjacent to an activating group) is 1. The number of methoxy groups -OCH3 is 1. The summed E-state index contributed by atoms with van der Waals surface area (Å²) in [5.74, 6) is 0.621. The monoisotopic (exact) mass is 1120 g/mol. The van der Waals surface area contributed by atoms with E-state index in [2.05, 4.69) is 31.8 Å². The Morgan fingerprint density at radius 2 is 1.56 bits per heavy atom. The zero-order valence-electron chi connectivity index (χ0n) is 43.3. The highest BCUT2D eigenvalue weighted by Crippen LogP contribution is 2.53. The van der Waals surface area contributed by atoms with Gasteiger partial charge in [0.1, 0.15) is 84.6 Å². The van der Waals surface area contributed by atoms with E-state index in [9.17, 15) is 14.3 Å². The molecule has 5 aliphatic rings. The molecule has 78 heavy (non-hydrogen) atoms. The number of ether oxygens (including phenoxy) is 9. The molecular weight excluding hydrogens is 1070 g/mol. The van der Waals surface area contributed by atoms with E-state index in [-0.39, 0.29) is 60.0 Å². The number of aromatic nitrogens is 4. The number of nitrogens with zero attached hydrogens (tertiary/aromatic N) is 6. The Hall–Kier alpha value is -6.26. The first-order valence-electron chi connectivity index (χ1n) is 25.7. The number of benzene rings is 4. The number of thiophene rings is 1. The molecule has 408 valence electrons. The van der Waals surface area contributed by atoms with Gasteiger partial charge in [-0.05, 0) is 104 Å². The summed E-state index contributed by atoms with van der Waals surface area (Å²) in [5, 5.41) is 12.0. The molecule has 0 spiro atoms. The fraction of sp³-hybridized carbons (Fsp3) is 0.386. The Bertz CT molecular complexity index is 3270. The van der Waals surface area contributed by atoms with Crippen molar-refractivity contribution in [2.24, 2.45) is 0 Å². The van der Waals surface area contributed by atoms with E-state index in [4.69, 9.17) is 70.8 Å². The van der Waals surface area contributed by atoms with E-state index < -0.39 is 24.0 Å². The number of hydrogen-bond donors (Lipinski definition) is 1. The SMILES string of the molecule is CO[C@@H]1CO[C@H]2[C@@H]1OC[C@H]2OCCOc1ccc(-c2nccc(COc3ccc4cc3C[C@H](C(=O)O)Oc3ncnc5sc(-c6ccc(F)cc6)c(c35)-c3c(C)c(Cl)c(c(Cl)c3C)O[C@H](CN3CCN(C)CC3)CO4)n2)cc1. The first kappa shape index (κ1) is 53.7. The van der Waals surface area contributed by atoms with E-state index >= 15 is 0 Å². The number of fused-ring (bicyclic) bond motifs is 8. The third kappa shape index (κ3) is 11.4. The normalized spacial score (nSPS) is 21.6. The fourth-order valence-electron chi connectivity index (χ4n) is 10.3. The lowest BCUT2D eigenvalue weighted by Gasteiger charge is -2.35. The molecule has 0 unspecified atom stereocenters. The molecule has 17 nitrogen and oxygen atoms in total. The van der Waals surface area contributed by atoms with Gasteiger partial charge in [-0.15, -0.1) is 11.3 Å². The van der Waals surface area contributed by atoms with Crippen molar-refractivity contribution in [1.29, 1.82) is 0 Å². The Morgan fingerprint density at radius 1 is 0.833 bits per heavy atom. The van der Waals surface area contributed by atoms with Gasteiger partial charge in [0, 0.05) is 74.0 Å². The molecule has 12 rings (SSSR count). The molecule has 7 aromatic rings. The van der Waals surface area contributed by atoms with Crippen LogP contribution in [0.2, 0.25) is 10.0 Å². The standard InChI is InChI=1S/C57H57Cl2FN6O11S/c1-31-45-32(2)49(59)52(48(31)58)76-40(25-66-19-17-65(3)18-20-66)27-72-39-13-14-41(35(23-39)24-42(57(67)68)77-55-47-46(45)53(78-56(47)63-30-62-55)33-5-9-36(60)10-6-33)73-26-37-15-16-61-54(64-37)34-7-11-38(12-8-34)70-21-22-71-44-29-75-50-43(69-4)28-74-51(44)50/h5-16,23,30,40,42-44,50-51H,17-22,24-29H2,1-4H3,(H,67,68)/t40-,42-,43-,44-,50-,51-/m1/s1. The number of rotatable bonds is 14. The zero-order chi connectivity index (χ0) is 54.0. The summed E-state index contributed by atoms with van der Waals surface area (Å²) in [5.41, 5.74) is 5.04. The van der Waals surface area contributed by atoms with Gasteiger partial charge in [0.2, 0.25) is 12.0 Å². The number of hydrogen-bond acceptors (Lipinski definition) is 17. The number of carboxylic acids is 1. The van der Waals surface area contributed by atoms with Crippen molar-refractivity contribution in [3.8, 4) is 61.8 Å². The number of carbonyl (C=O) groups is 1. The summed E-state index contributed by atoms with van der Waals surface area (Å²) in [6.07, 6.45) is 0.236. The second-order valence-corrected chi connectivity index (χ2v) is 21.4. The molecule has 3 aromatic heterocycles. The summed E-state index contributed by atoms with van der Waals surface area (Å²) in [4.78, 5) is 37.8. The zero-order valence-corrected chi connectivity index (χ0v) is 45.6. The van der Waals surface area contributed by atoms with Crippen molar-refractivity contribution in [1.82, 2.24) is 29.7 Å². The van der Waals surface area contributed by atoms with Gasteiger partial charge >= 0.3 is 5.97 Å². The second kappa shape index (κ2) is 23.6. The second-order valence-electron chi connectivity index (χ2n) is 19.6. The smallest absolute Gasteiger partial charge is 0.345 e. The minimum atomic E-state index is -1.49. The summed E-state index contributed by atoms with van der Waals surface area (Å²) in [6, 6.07) is 20.6. The predicted octanol–water partition coefficient (Wildman–Crippen LogP) is 9.16. The van der Waals surface area contributed by atoms with Gasteiger partial charge in [0.15, 0.2) is 11.6 Å². The summed E-state index contributed by atoms with van der Waals surface area (Å²) >= 11 is 16.0. The van der Waals surface area contributed by atoms with Gasteiger partial charge in [-0.25, -0.2) is 29.1 Å². The Morgan fingerprint density at radius 3 is 2.31 bits per heavy atom. The highest BCUT2D eigenvalue weighted by atomic mass is 35.5. The van der Waals surface area contributed by atoms with Crippen LogP contribution in [0.15, 0.2) is 85.3 Å². The minimum Gasteiger partial charge on any atom is -0.491 e. The van der Waals surface area contributed by atoms with Crippen LogP contribution in [0.25, 0.3) is 43.2 Å². The minimum absolute atomic E-state index is 0.0143. The predicted molar refractivity (Wildman–Crippen MR) is 291 cm³/mol. The Balaban J connectivity index is 0.878. The van der Waals surface area contributed by atoms with E-state index in [0.29, 0.717) is 116 Å². The van der Waals surface area contributed by atoms with Crippen LogP contribution in [0.5, 0.6) is 28.9 Å².